The van der Waals surface area contributed by atoms with Crippen LogP contribution in [0, 0.1) is 0 Å². The summed E-state index contributed by atoms with van der Waals surface area (Å²) < 4.78 is 2.56. The molecule has 1 amide bonds. The first kappa shape index (κ1) is 18.0. The van der Waals surface area contributed by atoms with E-state index in [0.29, 0.717) is 35.1 Å². The van der Waals surface area contributed by atoms with Crippen molar-refractivity contribution in [1.29, 1.82) is 0 Å². The molecular weight excluding hydrogens is 374 g/mol. The Balaban J connectivity index is 1.48. The van der Waals surface area contributed by atoms with Gasteiger partial charge in [-0.25, -0.2) is 15.0 Å². The zero-order valence-electron chi connectivity index (χ0n) is 15.1. The van der Waals surface area contributed by atoms with Crippen molar-refractivity contribution >= 4 is 27.3 Å². The Morgan fingerprint density at radius 3 is 2.82 bits per heavy atom. The van der Waals surface area contributed by atoms with Crippen molar-refractivity contribution < 1.29 is 4.79 Å². The molecule has 0 fully saturated rings. The summed E-state index contributed by atoms with van der Waals surface area (Å²) in [5, 5.41) is 3.96. The smallest absolute Gasteiger partial charge is 0.261 e. The second kappa shape index (κ2) is 7.69. The van der Waals surface area contributed by atoms with E-state index >= 15 is 0 Å². The maximum absolute atomic E-state index is 12.4. The van der Waals surface area contributed by atoms with Crippen molar-refractivity contribution in [3.8, 4) is 11.4 Å². The van der Waals surface area contributed by atoms with E-state index in [1.54, 1.807) is 19.3 Å². The fourth-order valence-corrected chi connectivity index (χ4v) is 3.83. The van der Waals surface area contributed by atoms with Gasteiger partial charge in [-0.2, -0.15) is 0 Å². The van der Waals surface area contributed by atoms with Crippen LogP contribution in [0.25, 0.3) is 21.5 Å². The summed E-state index contributed by atoms with van der Waals surface area (Å²) in [5.74, 6) is 0.455. The molecule has 0 atom stereocenters. The lowest BCUT2D eigenvalue weighted by Crippen LogP contribution is -2.28. The highest BCUT2D eigenvalue weighted by Crippen LogP contribution is 2.25. The summed E-state index contributed by atoms with van der Waals surface area (Å²) in [6.07, 6.45) is 3.45. The minimum Gasteiger partial charge on any atom is -0.351 e. The van der Waals surface area contributed by atoms with E-state index in [-0.39, 0.29) is 11.5 Å². The molecule has 0 unspecified atom stereocenters. The number of nitrogens with one attached hydrogen (secondary N) is 1. The third kappa shape index (κ3) is 3.67. The molecule has 8 heteroatoms. The summed E-state index contributed by atoms with van der Waals surface area (Å²) in [6.45, 7) is 0.376. The van der Waals surface area contributed by atoms with Crippen LogP contribution < -0.4 is 10.9 Å². The molecule has 0 saturated carbocycles. The number of carbonyl (C=O) groups excluding carboxylic acids is 1. The molecule has 0 aliphatic heterocycles. The molecule has 140 valence electrons. The quantitative estimate of drug-likeness (QED) is 0.564. The number of hydrogen-bond acceptors (Lipinski definition) is 6. The van der Waals surface area contributed by atoms with Crippen molar-refractivity contribution in [3.63, 3.8) is 0 Å². The van der Waals surface area contributed by atoms with Gasteiger partial charge in [-0.15, -0.1) is 11.3 Å². The minimum atomic E-state index is -0.172. The van der Waals surface area contributed by atoms with E-state index in [0.717, 1.165) is 10.1 Å². The highest BCUT2D eigenvalue weighted by molar-refractivity contribution is 7.20. The number of carbonyl (C=O) groups is 1. The van der Waals surface area contributed by atoms with Crippen LogP contribution in [0.5, 0.6) is 0 Å². The van der Waals surface area contributed by atoms with Crippen LogP contribution in [0.1, 0.15) is 15.5 Å². The predicted molar refractivity (Wildman–Crippen MR) is 108 cm³/mol. The molecule has 0 spiro atoms. The van der Waals surface area contributed by atoms with Crippen LogP contribution in [0.3, 0.4) is 0 Å². The van der Waals surface area contributed by atoms with Crippen LogP contribution in [0.15, 0.2) is 59.8 Å². The van der Waals surface area contributed by atoms with E-state index in [4.69, 9.17) is 0 Å². The normalized spacial score (nSPS) is 10.9. The van der Waals surface area contributed by atoms with E-state index in [9.17, 15) is 9.59 Å². The average molecular weight is 391 g/mol. The van der Waals surface area contributed by atoms with Gasteiger partial charge in [0.2, 0.25) is 0 Å². The van der Waals surface area contributed by atoms with Gasteiger partial charge in [-0.05, 0) is 23.6 Å². The molecule has 4 rings (SSSR count). The lowest BCUT2D eigenvalue weighted by molar-refractivity contribution is 0.0958. The lowest BCUT2D eigenvalue weighted by Gasteiger charge is -2.10. The standard InChI is InChI=1S/C20H17N5O2S/c1-25-18(24-15(11-19(25)26)14-6-8-21-12-23-14)7-9-22-20(27)17-10-13-4-2-3-5-16(13)28-17/h2-6,8,10-12H,7,9H2,1H3,(H,22,27). The maximum atomic E-state index is 12.4. The van der Waals surface area contributed by atoms with Crippen molar-refractivity contribution in [2.75, 3.05) is 6.54 Å². The second-order valence-corrected chi connectivity index (χ2v) is 7.29. The fourth-order valence-electron chi connectivity index (χ4n) is 2.85. The number of benzene rings is 1. The molecule has 0 radical (unpaired) electrons. The number of amides is 1. The van der Waals surface area contributed by atoms with Crippen molar-refractivity contribution in [2.45, 2.75) is 6.42 Å². The minimum absolute atomic E-state index is 0.127. The molecule has 3 heterocycles. The Kier molecular flexibility index (Phi) is 4.94. The Morgan fingerprint density at radius 1 is 1.18 bits per heavy atom. The molecule has 4 aromatic rings. The molecule has 0 saturated heterocycles. The van der Waals surface area contributed by atoms with Crippen LogP contribution in [0.2, 0.25) is 0 Å². The first-order valence-corrected chi connectivity index (χ1v) is 9.53. The van der Waals surface area contributed by atoms with Gasteiger partial charge in [0.1, 0.15) is 12.2 Å². The van der Waals surface area contributed by atoms with Gasteiger partial charge < -0.3 is 5.32 Å². The van der Waals surface area contributed by atoms with Crippen molar-refractivity contribution in [1.82, 2.24) is 24.8 Å². The fraction of sp³-hybridized carbons (Fsp3) is 0.150. The monoisotopic (exact) mass is 391 g/mol. The first-order chi connectivity index (χ1) is 13.6. The molecule has 0 bridgehead atoms. The van der Waals surface area contributed by atoms with Gasteiger partial charge in [0.05, 0.1) is 16.3 Å². The summed E-state index contributed by atoms with van der Waals surface area (Å²) in [7, 11) is 1.67. The largest absolute Gasteiger partial charge is 0.351 e. The second-order valence-electron chi connectivity index (χ2n) is 6.20. The van der Waals surface area contributed by atoms with E-state index in [1.165, 1.54) is 28.3 Å². The van der Waals surface area contributed by atoms with Gasteiger partial charge >= 0.3 is 0 Å². The zero-order valence-corrected chi connectivity index (χ0v) is 15.9. The predicted octanol–water partition coefficient (Wildman–Crippen LogP) is 2.42. The van der Waals surface area contributed by atoms with Gasteiger partial charge in [0.25, 0.3) is 11.5 Å². The van der Waals surface area contributed by atoms with Gasteiger partial charge in [0.15, 0.2) is 0 Å². The van der Waals surface area contributed by atoms with Crippen molar-refractivity contribution in [3.05, 3.63) is 76.0 Å². The third-order valence-corrected chi connectivity index (χ3v) is 5.47. The molecule has 7 nitrogen and oxygen atoms in total. The number of nitrogens with zero attached hydrogens (tertiary/aromatic N) is 4. The lowest BCUT2D eigenvalue weighted by atomic mass is 10.2. The number of aromatic nitrogens is 4. The highest BCUT2D eigenvalue weighted by Gasteiger charge is 2.12. The molecule has 0 aliphatic rings. The number of rotatable bonds is 5. The maximum Gasteiger partial charge on any atom is 0.261 e. The Labute approximate surface area is 164 Å². The van der Waals surface area contributed by atoms with Crippen molar-refractivity contribution in [2.24, 2.45) is 7.05 Å². The Morgan fingerprint density at radius 2 is 2.04 bits per heavy atom. The Hall–Kier alpha value is -3.39. The molecule has 3 aromatic heterocycles. The van der Waals surface area contributed by atoms with Gasteiger partial charge in [0, 0.05) is 37.0 Å². The summed E-state index contributed by atoms with van der Waals surface area (Å²) in [4.78, 5) is 37.9. The molecule has 0 aliphatic carbocycles. The first-order valence-electron chi connectivity index (χ1n) is 8.72. The summed E-state index contributed by atoms with van der Waals surface area (Å²) in [5.41, 5.74) is 0.911. The summed E-state index contributed by atoms with van der Waals surface area (Å²) >= 11 is 1.46. The SMILES string of the molecule is Cn1c(CCNC(=O)c2cc3ccccc3s2)nc(-c2ccncn2)cc1=O. The van der Waals surface area contributed by atoms with E-state index in [2.05, 4.69) is 20.3 Å². The van der Waals surface area contributed by atoms with Crippen LogP contribution in [-0.4, -0.2) is 32.0 Å². The molecule has 1 aromatic carbocycles. The number of thiophene rings is 1. The molecule has 28 heavy (non-hydrogen) atoms. The highest BCUT2D eigenvalue weighted by atomic mass is 32.1. The van der Waals surface area contributed by atoms with Crippen LogP contribution in [-0.2, 0) is 13.5 Å². The van der Waals surface area contributed by atoms with Crippen LogP contribution in [0.4, 0.5) is 0 Å². The van der Waals surface area contributed by atoms with Gasteiger partial charge in [-0.1, -0.05) is 18.2 Å². The summed E-state index contributed by atoms with van der Waals surface area (Å²) in [6, 6.07) is 12.9. The topological polar surface area (TPSA) is 89.8 Å². The Bertz CT molecular complexity index is 1170. The van der Waals surface area contributed by atoms with E-state index < -0.39 is 0 Å². The molecular formula is C20H17N5O2S. The number of fused-ring (bicyclic) bond motifs is 1. The third-order valence-electron chi connectivity index (χ3n) is 4.36. The zero-order chi connectivity index (χ0) is 19.5. The van der Waals surface area contributed by atoms with Crippen LogP contribution >= 0.6 is 11.3 Å². The van der Waals surface area contributed by atoms with Gasteiger partial charge in [-0.3, -0.25) is 14.2 Å². The molecule has 1 N–H and O–H groups in total. The average Bonchev–Trinajstić information content (AvgIpc) is 3.16. The number of hydrogen-bond donors (Lipinski definition) is 1. The van der Waals surface area contributed by atoms with E-state index in [1.807, 2.05) is 30.3 Å².